The number of ether oxygens (including phenoxy) is 2. The molecule has 1 aromatic heterocycles. The second-order valence-electron chi connectivity index (χ2n) is 6.45. The summed E-state index contributed by atoms with van der Waals surface area (Å²) in [4.78, 5) is 22.1. The molecule has 2 unspecified atom stereocenters. The van der Waals surface area contributed by atoms with Gasteiger partial charge < -0.3 is 9.47 Å². The Hall–Kier alpha value is -3.48. The molecular formula is C20H16N4O3. The zero-order chi connectivity index (χ0) is 18.5. The number of hydrogen-bond donors (Lipinski definition) is 0. The molecule has 2 atom stereocenters. The molecule has 0 fully saturated rings. The van der Waals surface area contributed by atoms with Gasteiger partial charge in [-0.25, -0.2) is 9.67 Å². The molecule has 0 saturated heterocycles. The molecule has 0 amide bonds. The van der Waals surface area contributed by atoms with Crippen molar-refractivity contribution in [2.75, 3.05) is 14.2 Å². The van der Waals surface area contributed by atoms with Crippen LogP contribution in [0.15, 0.2) is 53.8 Å². The van der Waals surface area contributed by atoms with E-state index in [2.05, 4.69) is 15.1 Å². The summed E-state index contributed by atoms with van der Waals surface area (Å²) in [7, 11) is 3.18. The first-order chi connectivity index (χ1) is 13.2. The predicted molar refractivity (Wildman–Crippen MR) is 98.2 cm³/mol. The van der Waals surface area contributed by atoms with Gasteiger partial charge in [0.15, 0.2) is 17.3 Å². The molecule has 0 radical (unpaired) electrons. The number of ketones is 1. The van der Waals surface area contributed by atoms with Gasteiger partial charge in [-0.15, -0.1) is 0 Å². The van der Waals surface area contributed by atoms with Crippen molar-refractivity contribution < 1.29 is 14.3 Å². The number of nitrogens with zero attached hydrogens (tertiary/aromatic N) is 4. The summed E-state index contributed by atoms with van der Waals surface area (Å²) < 4.78 is 12.5. The monoisotopic (exact) mass is 360 g/mol. The van der Waals surface area contributed by atoms with Gasteiger partial charge in [-0.1, -0.05) is 30.3 Å². The Labute approximate surface area is 155 Å². The van der Waals surface area contributed by atoms with Crippen molar-refractivity contribution in [1.82, 2.24) is 14.8 Å². The third-order valence-corrected chi connectivity index (χ3v) is 5.15. The van der Waals surface area contributed by atoms with Crippen LogP contribution in [0.5, 0.6) is 11.5 Å². The standard InChI is InChI=1S/C20H16N4O3/c1-26-14-8-7-11(9-15(14)27-2)18-16-17(23-20-21-10-22-24(18)20)12-5-3-4-6-13(12)19(16)25/h3-10,16,18H,1-2H3. The third-order valence-electron chi connectivity index (χ3n) is 5.15. The van der Waals surface area contributed by atoms with Crippen molar-refractivity contribution in [3.05, 3.63) is 65.5 Å². The SMILES string of the molecule is COc1ccc(C2C3C(=O)c4ccccc4C3=Nc3ncnn32)cc1OC. The van der Waals surface area contributed by atoms with Gasteiger partial charge in [0.1, 0.15) is 6.33 Å². The van der Waals surface area contributed by atoms with E-state index in [0.29, 0.717) is 23.0 Å². The van der Waals surface area contributed by atoms with Crippen LogP contribution in [0, 0.1) is 5.92 Å². The van der Waals surface area contributed by atoms with E-state index in [9.17, 15) is 4.79 Å². The highest BCUT2D eigenvalue weighted by Crippen LogP contribution is 2.44. The lowest BCUT2D eigenvalue weighted by Gasteiger charge is -2.28. The fourth-order valence-corrected chi connectivity index (χ4v) is 3.94. The largest absolute Gasteiger partial charge is 0.493 e. The molecule has 0 bridgehead atoms. The molecular weight excluding hydrogens is 344 g/mol. The van der Waals surface area contributed by atoms with E-state index in [0.717, 1.165) is 16.8 Å². The van der Waals surface area contributed by atoms with Crippen LogP contribution in [0.2, 0.25) is 0 Å². The number of aromatic nitrogens is 3. The molecule has 1 aliphatic heterocycles. The van der Waals surface area contributed by atoms with Gasteiger partial charge in [-0.05, 0) is 17.7 Å². The van der Waals surface area contributed by atoms with Crippen molar-refractivity contribution >= 4 is 17.4 Å². The minimum absolute atomic E-state index is 0.0466. The quantitative estimate of drug-likeness (QED) is 0.718. The molecule has 1 aliphatic carbocycles. The van der Waals surface area contributed by atoms with Gasteiger partial charge in [0.25, 0.3) is 0 Å². The van der Waals surface area contributed by atoms with Gasteiger partial charge in [-0.3, -0.25) is 4.79 Å². The molecule has 3 aromatic rings. The maximum Gasteiger partial charge on any atom is 0.248 e. The molecule has 5 rings (SSSR count). The minimum Gasteiger partial charge on any atom is -0.493 e. The summed E-state index contributed by atoms with van der Waals surface area (Å²) in [6.45, 7) is 0. The number of benzene rings is 2. The maximum absolute atomic E-state index is 13.2. The number of aliphatic imine (C=N–C) groups is 1. The first-order valence-corrected chi connectivity index (χ1v) is 8.56. The average Bonchev–Trinajstić information content (AvgIpc) is 3.29. The Morgan fingerprint density at radius 3 is 2.56 bits per heavy atom. The van der Waals surface area contributed by atoms with Crippen molar-refractivity contribution in [3.8, 4) is 11.5 Å². The van der Waals surface area contributed by atoms with Gasteiger partial charge >= 0.3 is 0 Å². The summed E-state index contributed by atoms with van der Waals surface area (Å²) >= 11 is 0. The van der Waals surface area contributed by atoms with E-state index >= 15 is 0 Å². The fraction of sp³-hybridized carbons (Fsp3) is 0.200. The van der Waals surface area contributed by atoms with Crippen molar-refractivity contribution in [1.29, 1.82) is 0 Å². The lowest BCUT2D eigenvalue weighted by molar-refractivity contribution is 0.0938. The predicted octanol–water partition coefficient (Wildman–Crippen LogP) is 2.83. The third kappa shape index (κ3) is 2.14. The molecule has 2 heterocycles. The summed E-state index contributed by atoms with van der Waals surface area (Å²) in [5, 5.41) is 4.34. The van der Waals surface area contributed by atoms with Crippen molar-refractivity contribution in [2.24, 2.45) is 10.9 Å². The molecule has 134 valence electrons. The van der Waals surface area contributed by atoms with E-state index in [4.69, 9.17) is 9.47 Å². The number of carbonyl (C=O) groups excluding carboxylic acids is 1. The van der Waals surface area contributed by atoms with Crippen LogP contribution in [0.4, 0.5) is 5.95 Å². The molecule has 27 heavy (non-hydrogen) atoms. The van der Waals surface area contributed by atoms with E-state index in [1.165, 1.54) is 6.33 Å². The van der Waals surface area contributed by atoms with E-state index in [1.807, 2.05) is 42.5 Å². The van der Waals surface area contributed by atoms with Crippen LogP contribution >= 0.6 is 0 Å². The van der Waals surface area contributed by atoms with E-state index < -0.39 is 5.92 Å². The van der Waals surface area contributed by atoms with Crippen LogP contribution in [0.1, 0.15) is 27.5 Å². The van der Waals surface area contributed by atoms with Crippen LogP contribution in [0.25, 0.3) is 0 Å². The zero-order valence-corrected chi connectivity index (χ0v) is 14.8. The lowest BCUT2D eigenvalue weighted by Crippen LogP contribution is -2.32. The molecule has 7 nitrogen and oxygen atoms in total. The highest BCUT2D eigenvalue weighted by atomic mass is 16.5. The zero-order valence-electron chi connectivity index (χ0n) is 14.8. The molecule has 0 N–H and O–H groups in total. The van der Waals surface area contributed by atoms with Crippen LogP contribution in [-0.2, 0) is 0 Å². The second kappa shape index (κ2) is 5.77. The molecule has 2 aromatic carbocycles. The number of hydrogen-bond acceptors (Lipinski definition) is 6. The summed E-state index contributed by atoms with van der Waals surface area (Å²) in [5.74, 6) is 1.32. The average molecular weight is 360 g/mol. The van der Waals surface area contributed by atoms with Gasteiger partial charge in [0.05, 0.1) is 31.9 Å². The Bertz CT molecular complexity index is 1100. The van der Waals surface area contributed by atoms with Crippen LogP contribution in [0.3, 0.4) is 0 Å². The number of methoxy groups -OCH3 is 2. The highest BCUT2D eigenvalue weighted by molar-refractivity contribution is 6.29. The molecule has 2 aliphatic rings. The second-order valence-corrected chi connectivity index (χ2v) is 6.45. The summed E-state index contributed by atoms with van der Waals surface area (Å²) in [6.07, 6.45) is 1.46. The Kier molecular flexibility index (Phi) is 3.36. The molecule has 7 heteroatoms. The number of carbonyl (C=O) groups is 1. The fourth-order valence-electron chi connectivity index (χ4n) is 3.94. The van der Waals surface area contributed by atoms with Gasteiger partial charge in [0, 0.05) is 11.1 Å². The summed E-state index contributed by atoms with van der Waals surface area (Å²) in [5.41, 5.74) is 3.19. The Morgan fingerprint density at radius 2 is 1.78 bits per heavy atom. The number of fused-ring (bicyclic) bond motifs is 4. The normalized spacial score (nSPS) is 19.8. The van der Waals surface area contributed by atoms with Gasteiger partial charge in [-0.2, -0.15) is 10.1 Å². The van der Waals surface area contributed by atoms with Crippen molar-refractivity contribution in [3.63, 3.8) is 0 Å². The van der Waals surface area contributed by atoms with Crippen LogP contribution in [-0.4, -0.2) is 40.5 Å². The lowest BCUT2D eigenvalue weighted by atomic mass is 9.87. The smallest absolute Gasteiger partial charge is 0.248 e. The molecule has 0 saturated carbocycles. The minimum atomic E-state index is -0.449. The Balaban J connectivity index is 1.72. The number of Topliss-reactive ketones (excluding diaryl/α,β-unsaturated/α-hetero) is 1. The Morgan fingerprint density at radius 1 is 1.00 bits per heavy atom. The van der Waals surface area contributed by atoms with E-state index in [-0.39, 0.29) is 11.8 Å². The highest BCUT2D eigenvalue weighted by Gasteiger charge is 2.46. The maximum atomic E-state index is 13.2. The van der Waals surface area contributed by atoms with E-state index in [1.54, 1.807) is 18.9 Å². The first kappa shape index (κ1) is 15.7. The summed E-state index contributed by atoms with van der Waals surface area (Å²) in [6, 6.07) is 12.9. The topological polar surface area (TPSA) is 78.6 Å². The number of rotatable bonds is 3. The molecule has 0 spiro atoms. The van der Waals surface area contributed by atoms with Gasteiger partial charge in [0.2, 0.25) is 5.95 Å². The van der Waals surface area contributed by atoms with Crippen molar-refractivity contribution in [2.45, 2.75) is 6.04 Å². The first-order valence-electron chi connectivity index (χ1n) is 8.56. The van der Waals surface area contributed by atoms with Crippen LogP contribution < -0.4 is 9.47 Å².